The Bertz CT molecular complexity index is 532. The molecule has 2 N–H and O–H groups in total. The second-order valence-electron chi connectivity index (χ2n) is 6.78. The first-order chi connectivity index (χ1) is 10.6. The standard InChI is InChI=1S/C18H26N2O2/c1-20(12-14-7-3-5-9-17(14)21)18(22)19-11-15-10-13-6-2-4-8-16(13)15/h2,4,6,8,14-15,17,21H,3,5,7,9-12H2,1H3,(H,19,22)/t14-,15+,17+/m0/s1. The first-order valence-corrected chi connectivity index (χ1v) is 8.40. The summed E-state index contributed by atoms with van der Waals surface area (Å²) in [5, 5.41) is 13.1. The van der Waals surface area contributed by atoms with Crippen molar-refractivity contribution >= 4 is 6.03 Å². The number of urea groups is 1. The van der Waals surface area contributed by atoms with Crippen LogP contribution in [-0.2, 0) is 6.42 Å². The molecule has 0 heterocycles. The minimum Gasteiger partial charge on any atom is -0.393 e. The minimum atomic E-state index is -0.248. The normalized spacial score (nSPS) is 26.7. The number of benzene rings is 1. The van der Waals surface area contributed by atoms with Gasteiger partial charge in [0, 0.05) is 32.0 Å². The average molecular weight is 302 g/mol. The van der Waals surface area contributed by atoms with Gasteiger partial charge in [0.05, 0.1) is 6.10 Å². The van der Waals surface area contributed by atoms with E-state index in [-0.39, 0.29) is 18.1 Å². The van der Waals surface area contributed by atoms with Crippen LogP contribution in [0.1, 0.15) is 42.7 Å². The number of aliphatic hydroxyl groups excluding tert-OH is 1. The molecule has 0 saturated heterocycles. The lowest BCUT2D eigenvalue weighted by Crippen LogP contribution is -2.44. The molecular formula is C18H26N2O2. The Morgan fingerprint density at radius 2 is 2.09 bits per heavy atom. The zero-order valence-electron chi connectivity index (χ0n) is 13.3. The van der Waals surface area contributed by atoms with Crippen LogP contribution in [0.4, 0.5) is 4.79 Å². The molecule has 1 saturated carbocycles. The van der Waals surface area contributed by atoms with Crippen molar-refractivity contribution in [2.45, 2.75) is 44.1 Å². The van der Waals surface area contributed by atoms with Gasteiger partial charge in [0.25, 0.3) is 0 Å². The second-order valence-corrected chi connectivity index (χ2v) is 6.78. The summed E-state index contributed by atoms with van der Waals surface area (Å²) in [6.07, 6.45) is 4.97. The van der Waals surface area contributed by atoms with E-state index in [2.05, 4.69) is 29.6 Å². The van der Waals surface area contributed by atoms with Gasteiger partial charge in [0.1, 0.15) is 0 Å². The Morgan fingerprint density at radius 3 is 2.86 bits per heavy atom. The van der Waals surface area contributed by atoms with Gasteiger partial charge in [-0.2, -0.15) is 0 Å². The fraction of sp³-hybridized carbons (Fsp3) is 0.611. The van der Waals surface area contributed by atoms with Crippen molar-refractivity contribution in [3.63, 3.8) is 0 Å². The van der Waals surface area contributed by atoms with E-state index >= 15 is 0 Å². The molecule has 0 spiro atoms. The Kier molecular flexibility index (Phi) is 4.67. The highest BCUT2D eigenvalue weighted by atomic mass is 16.3. The van der Waals surface area contributed by atoms with Crippen LogP contribution in [0.15, 0.2) is 24.3 Å². The number of aliphatic hydroxyl groups is 1. The van der Waals surface area contributed by atoms with E-state index in [9.17, 15) is 9.90 Å². The molecule has 0 aliphatic heterocycles. The van der Waals surface area contributed by atoms with Crippen LogP contribution < -0.4 is 5.32 Å². The average Bonchev–Trinajstić information content (AvgIpc) is 2.50. The van der Waals surface area contributed by atoms with E-state index in [1.165, 1.54) is 11.1 Å². The Labute approximate surface area is 132 Å². The highest BCUT2D eigenvalue weighted by molar-refractivity contribution is 5.74. The third kappa shape index (κ3) is 3.27. The van der Waals surface area contributed by atoms with Crippen molar-refractivity contribution in [2.24, 2.45) is 5.92 Å². The molecule has 2 aliphatic carbocycles. The lowest BCUT2D eigenvalue weighted by molar-refractivity contribution is 0.0565. The molecular weight excluding hydrogens is 276 g/mol. The van der Waals surface area contributed by atoms with Crippen LogP contribution >= 0.6 is 0 Å². The van der Waals surface area contributed by atoms with Crippen LogP contribution in [0.2, 0.25) is 0 Å². The molecule has 2 aliphatic rings. The molecule has 1 aromatic carbocycles. The van der Waals surface area contributed by atoms with Crippen molar-refractivity contribution in [3.05, 3.63) is 35.4 Å². The van der Waals surface area contributed by atoms with E-state index < -0.39 is 0 Å². The summed E-state index contributed by atoms with van der Waals surface area (Å²) in [4.78, 5) is 13.9. The van der Waals surface area contributed by atoms with Crippen LogP contribution in [-0.4, -0.2) is 42.3 Å². The van der Waals surface area contributed by atoms with Gasteiger partial charge in [-0.3, -0.25) is 0 Å². The van der Waals surface area contributed by atoms with E-state index in [0.717, 1.165) is 32.1 Å². The lowest BCUT2D eigenvalue weighted by Gasteiger charge is -2.33. The number of nitrogens with zero attached hydrogens (tertiary/aromatic N) is 1. The van der Waals surface area contributed by atoms with E-state index in [1.54, 1.807) is 4.90 Å². The number of carbonyl (C=O) groups is 1. The van der Waals surface area contributed by atoms with Gasteiger partial charge >= 0.3 is 6.03 Å². The van der Waals surface area contributed by atoms with E-state index in [0.29, 0.717) is 19.0 Å². The third-order valence-corrected chi connectivity index (χ3v) is 5.18. The van der Waals surface area contributed by atoms with Crippen molar-refractivity contribution < 1.29 is 9.90 Å². The summed E-state index contributed by atoms with van der Waals surface area (Å²) < 4.78 is 0. The van der Waals surface area contributed by atoms with Gasteiger partial charge in [-0.1, -0.05) is 37.1 Å². The third-order valence-electron chi connectivity index (χ3n) is 5.18. The van der Waals surface area contributed by atoms with Gasteiger partial charge < -0.3 is 15.3 Å². The van der Waals surface area contributed by atoms with Gasteiger partial charge in [0.15, 0.2) is 0 Å². The van der Waals surface area contributed by atoms with E-state index in [4.69, 9.17) is 0 Å². The summed E-state index contributed by atoms with van der Waals surface area (Å²) >= 11 is 0. The molecule has 4 nitrogen and oxygen atoms in total. The van der Waals surface area contributed by atoms with Crippen molar-refractivity contribution in [1.82, 2.24) is 10.2 Å². The van der Waals surface area contributed by atoms with Gasteiger partial charge in [0.2, 0.25) is 0 Å². The Morgan fingerprint density at radius 1 is 1.32 bits per heavy atom. The summed E-state index contributed by atoms with van der Waals surface area (Å²) in [7, 11) is 1.82. The highest BCUT2D eigenvalue weighted by Crippen LogP contribution is 2.34. The van der Waals surface area contributed by atoms with Crippen LogP contribution in [0, 0.1) is 5.92 Å². The molecule has 0 aromatic heterocycles. The molecule has 22 heavy (non-hydrogen) atoms. The second kappa shape index (κ2) is 6.69. The van der Waals surface area contributed by atoms with Gasteiger partial charge in [-0.05, 0) is 30.4 Å². The van der Waals surface area contributed by atoms with Crippen molar-refractivity contribution in [2.75, 3.05) is 20.1 Å². The van der Waals surface area contributed by atoms with Crippen LogP contribution in [0.3, 0.4) is 0 Å². The zero-order valence-corrected chi connectivity index (χ0v) is 13.3. The Balaban J connectivity index is 1.44. The largest absolute Gasteiger partial charge is 0.393 e. The molecule has 1 aromatic rings. The number of rotatable bonds is 4. The van der Waals surface area contributed by atoms with Crippen LogP contribution in [0.5, 0.6) is 0 Å². The summed E-state index contributed by atoms with van der Waals surface area (Å²) in [5.74, 6) is 0.683. The molecule has 1 fully saturated rings. The number of fused-ring (bicyclic) bond motifs is 1. The molecule has 0 bridgehead atoms. The topological polar surface area (TPSA) is 52.6 Å². The quantitative estimate of drug-likeness (QED) is 0.898. The molecule has 3 rings (SSSR count). The lowest BCUT2D eigenvalue weighted by atomic mass is 9.78. The summed E-state index contributed by atoms with van der Waals surface area (Å²) in [6, 6.07) is 8.41. The van der Waals surface area contributed by atoms with Crippen LogP contribution in [0.25, 0.3) is 0 Å². The van der Waals surface area contributed by atoms with E-state index in [1.807, 2.05) is 7.05 Å². The molecule has 120 valence electrons. The maximum Gasteiger partial charge on any atom is 0.317 e. The number of carbonyl (C=O) groups excluding carboxylic acids is 1. The maximum absolute atomic E-state index is 12.2. The summed E-state index contributed by atoms with van der Waals surface area (Å²) in [6.45, 7) is 1.35. The van der Waals surface area contributed by atoms with Gasteiger partial charge in [-0.15, -0.1) is 0 Å². The number of nitrogens with one attached hydrogen (secondary N) is 1. The number of amides is 2. The molecule has 3 atom stereocenters. The molecule has 0 radical (unpaired) electrons. The SMILES string of the molecule is CN(C[C@@H]1CCCC[C@H]1O)C(=O)NC[C@H]1Cc2ccccc21. The molecule has 4 heteroatoms. The molecule has 0 unspecified atom stereocenters. The molecule has 2 amide bonds. The van der Waals surface area contributed by atoms with Crippen molar-refractivity contribution in [1.29, 1.82) is 0 Å². The predicted octanol–water partition coefficient (Wildman–Crippen LogP) is 2.52. The maximum atomic E-state index is 12.2. The highest BCUT2D eigenvalue weighted by Gasteiger charge is 2.28. The zero-order chi connectivity index (χ0) is 15.5. The Hall–Kier alpha value is -1.55. The summed E-state index contributed by atoms with van der Waals surface area (Å²) in [5.41, 5.74) is 2.77. The van der Waals surface area contributed by atoms with Crippen molar-refractivity contribution in [3.8, 4) is 0 Å². The van der Waals surface area contributed by atoms with Gasteiger partial charge in [-0.25, -0.2) is 4.79 Å². The monoisotopic (exact) mass is 302 g/mol. The first kappa shape index (κ1) is 15.3. The minimum absolute atomic E-state index is 0.0258. The smallest absolute Gasteiger partial charge is 0.317 e. The fourth-order valence-corrected chi connectivity index (χ4v) is 3.73. The number of hydrogen-bond donors (Lipinski definition) is 2. The number of hydrogen-bond acceptors (Lipinski definition) is 2. The fourth-order valence-electron chi connectivity index (χ4n) is 3.73. The first-order valence-electron chi connectivity index (χ1n) is 8.40. The predicted molar refractivity (Wildman–Crippen MR) is 86.9 cm³/mol.